The third-order valence-electron chi connectivity index (χ3n) is 10.7. The molecule has 4 N–H and O–H groups in total. The van der Waals surface area contributed by atoms with Gasteiger partial charge >= 0.3 is 0 Å². The molecule has 3 saturated heterocycles. The molecule has 3 aliphatic heterocycles. The molecule has 8 atom stereocenters. The van der Waals surface area contributed by atoms with Gasteiger partial charge in [-0.1, -0.05) is 51.3 Å². The molecular formula is C39H57FN6O8. The monoisotopic (exact) mass is 756 g/mol. The van der Waals surface area contributed by atoms with Crippen molar-refractivity contribution in [2.75, 3.05) is 26.7 Å². The van der Waals surface area contributed by atoms with Crippen molar-refractivity contribution in [2.45, 2.75) is 128 Å². The Morgan fingerprint density at radius 2 is 1.87 bits per heavy atom. The predicted molar refractivity (Wildman–Crippen MR) is 198 cm³/mol. The zero-order valence-electron chi connectivity index (χ0n) is 32.1. The van der Waals surface area contributed by atoms with Gasteiger partial charge in [-0.25, -0.2) is 4.39 Å². The smallest absolute Gasteiger partial charge is 0.248 e. The molecule has 14 nitrogen and oxygen atoms in total. The van der Waals surface area contributed by atoms with E-state index in [9.17, 15) is 38.3 Å². The standard InChI is InChI=1S/C39H57FN6O8/c1-6-8-9-10-16-33(47)42-29(19-27-13-11-14-28(40)18-27)21-34(48)43-30-23-54-39(53)32-20-26(7-2)22-46(32)36(50)24(3)41-35(49)25(4)44(5)38(52)31-15-12-17-45(31)37(30)51/h10-11,13-14,16,18,24-26,29-32,39,53H,6-9,12,15,17,19-23H2,1-5H3,(H,41,49)(H,42,47)(H,43,48)/b16-10+/t24-,25-,26+,29-,30-,31-,32-,39?/m0/s1. The van der Waals surface area contributed by atoms with Gasteiger partial charge in [-0.15, -0.1) is 0 Å². The number of amides is 6. The van der Waals surface area contributed by atoms with E-state index in [-0.39, 0.29) is 25.3 Å². The minimum Gasteiger partial charge on any atom is -0.366 e. The minimum atomic E-state index is -1.53. The summed E-state index contributed by atoms with van der Waals surface area (Å²) in [6, 6.07) is 0.0775. The molecule has 1 unspecified atom stereocenters. The van der Waals surface area contributed by atoms with Crippen LogP contribution in [0.25, 0.3) is 0 Å². The number of nitrogens with one attached hydrogen (secondary N) is 3. The predicted octanol–water partition coefficient (Wildman–Crippen LogP) is 1.79. The van der Waals surface area contributed by atoms with Gasteiger partial charge in [-0.05, 0) is 75.6 Å². The molecule has 6 amide bonds. The number of ether oxygens (including phenoxy) is 1. The lowest BCUT2D eigenvalue weighted by molar-refractivity contribution is -0.165. The second-order valence-corrected chi connectivity index (χ2v) is 14.7. The number of benzene rings is 1. The fourth-order valence-corrected chi connectivity index (χ4v) is 7.35. The highest BCUT2D eigenvalue weighted by atomic mass is 19.1. The minimum absolute atomic E-state index is 0.0547. The summed E-state index contributed by atoms with van der Waals surface area (Å²) in [5.41, 5.74) is 0.552. The van der Waals surface area contributed by atoms with E-state index < -0.39 is 90.4 Å². The first-order valence-electron chi connectivity index (χ1n) is 19.2. The van der Waals surface area contributed by atoms with Gasteiger partial charge in [0.15, 0.2) is 6.29 Å². The molecule has 54 heavy (non-hydrogen) atoms. The molecule has 0 saturated carbocycles. The Kier molecular flexibility index (Phi) is 15.5. The van der Waals surface area contributed by atoms with Crippen LogP contribution in [0.4, 0.5) is 4.39 Å². The number of aliphatic hydroxyl groups excluding tert-OH is 1. The number of hydrogen-bond acceptors (Lipinski definition) is 8. The summed E-state index contributed by atoms with van der Waals surface area (Å²) in [6.45, 7) is 7.17. The van der Waals surface area contributed by atoms with Gasteiger partial charge in [0.2, 0.25) is 35.4 Å². The largest absolute Gasteiger partial charge is 0.366 e. The van der Waals surface area contributed by atoms with Crippen molar-refractivity contribution in [1.82, 2.24) is 30.7 Å². The highest BCUT2D eigenvalue weighted by Gasteiger charge is 2.44. The number of rotatable bonds is 11. The number of aliphatic hydroxyl groups is 1. The van der Waals surface area contributed by atoms with Crippen LogP contribution in [0.2, 0.25) is 0 Å². The van der Waals surface area contributed by atoms with Gasteiger partial charge < -0.3 is 40.5 Å². The molecule has 1 aromatic rings. The lowest BCUT2D eigenvalue weighted by Gasteiger charge is -2.35. The van der Waals surface area contributed by atoms with E-state index >= 15 is 0 Å². The number of carbonyl (C=O) groups excluding carboxylic acids is 6. The molecule has 0 aromatic heterocycles. The quantitative estimate of drug-likeness (QED) is 0.195. The van der Waals surface area contributed by atoms with E-state index in [0.29, 0.717) is 37.8 Å². The lowest BCUT2D eigenvalue weighted by atomic mass is 10.0. The van der Waals surface area contributed by atoms with Crippen LogP contribution in [0.15, 0.2) is 36.4 Å². The summed E-state index contributed by atoms with van der Waals surface area (Å²) in [6.07, 6.45) is 6.01. The van der Waals surface area contributed by atoms with E-state index in [4.69, 9.17) is 4.74 Å². The van der Waals surface area contributed by atoms with E-state index in [1.54, 1.807) is 26.0 Å². The first-order chi connectivity index (χ1) is 25.7. The Hall–Kier alpha value is -4.37. The molecule has 3 heterocycles. The van der Waals surface area contributed by atoms with Gasteiger partial charge in [-0.2, -0.15) is 0 Å². The Morgan fingerprint density at radius 3 is 2.57 bits per heavy atom. The van der Waals surface area contributed by atoms with Gasteiger partial charge in [-0.3, -0.25) is 28.8 Å². The van der Waals surface area contributed by atoms with Crippen LogP contribution in [0.3, 0.4) is 0 Å². The SMILES string of the molecule is CCCC/C=C/C(=O)N[C@H](CC(=O)N[C@H]1COC(O)[C@@H]2C[C@@H](CC)CN2C(=O)[C@H](C)NC(=O)[C@H](C)N(C)C(=O)[C@@H]2CCCN2C1=O)Cc1cccc(F)c1. The van der Waals surface area contributed by atoms with E-state index in [1.807, 2.05) is 13.8 Å². The highest BCUT2D eigenvalue weighted by Crippen LogP contribution is 2.29. The molecule has 4 rings (SSSR count). The van der Waals surface area contributed by atoms with Crippen LogP contribution >= 0.6 is 0 Å². The first-order valence-corrected chi connectivity index (χ1v) is 19.2. The maximum absolute atomic E-state index is 14.3. The zero-order chi connectivity index (χ0) is 39.5. The second kappa shape index (κ2) is 19.8. The molecule has 1 aromatic carbocycles. The van der Waals surface area contributed by atoms with Gasteiger partial charge in [0.1, 0.15) is 30.0 Å². The van der Waals surface area contributed by atoms with E-state index in [0.717, 1.165) is 19.3 Å². The third kappa shape index (κ3) is 11.1. The molecule has 3 aliphatic rings. The first kappa shape index (κ1) is 42.4. The zero-order valence-corrected chi connectivity index (χ0v) is 32.1. The highest BCUT2D eigenvalue weighted by molar-refractivity contribution is 5.96. The maximum Gasteiger partial charge on any atom is 0.248 e. The molecule has 0 spiro atoms. The maximum atomic E-state index is 14.3. The van der Waals surface area contributed by atoms with E-state index in [1.165, 1.54) is 46.0 Å². The average Bonchev–Trinajstić information content (AvgIpc) is 3.81. The molecule has 3 fully saturated rings. The number of nitrogens with zero attached hydrogens (tertiary/aromatic N) is 3. The van der Waals surface area contributed by atoms with Gasteiger partial charge in [0.25, 0.3) is 0 Å². The Bertz CT molecular complexity index is 1540. The Labute approximate surface area is 317 Å². The summed E-state index contributed by atoms with van der Waals surface area (Å²) in [5, 5.41) is 19.6. The van der Waals surface area contributed by atoms with Crippen LogP contribution in [0.5, 0.6) is 0 Å². The fourth-order valence-electron chi connectivity index (χ4n) is 7.35. The van der Waals surface area contributed by atoms with Crippen molar-refractivity contribution in [3.8, 4) is 0 Å². The van der Waals surface area contributed by atoms with E-state index in [2.05, 4.69) is 16.0 Å². The molecule has 0 aliphatic carbocycles. The number of carbonyl (C=O) groups is 6. The van der Waals surface area contributed by atoms with Crippen molar-refractivity contribution in [2.24, 2.45) is 5.92 Å². The summed E-state index contributed by atoms with van der Waals surface area (Å²) >= 11 is 0. The summed E-state index contributed by atoms with van der Waals surface area (Å²) in [4.78, 5) is 85.7. The van der Waals surface area contributed by atoms with Crippen molar-refractivity contribution in [1.29, 1.82) is 0 Å². The third-order valence-corrected chi connectivity index (χ3v) is 10.7. The Morgan fingerprint density at radius 1 is 1.11 bits per heavy atom. The molecule has 15 heteroatoms. The van der Waals surface area contributed by atoms with Crippen molar-refractivity contribution in [3.05, 3.63) is 47.8 Å². The van der Waals surface area contributed by atoms with Crippen molar-refractivity contribution >= 4 is 35.4 Å². The molecule has 0 bridgehead atoms. The normalized spacial score (nSPS) is 27.8. The number of hydrogen-bond donors (Lipinski definition) is 4. The van der Waals surface area contributed by atoms with Crippen LogP contribution in [-0.2, 0) is 39.9 Å². The number of halogens is 1. The molecule has 298 valence electrons. The second-order valence-electron chi connectivity index (χ2n) is 14.7. The average molecular weight is 757 g/mol. The van der Waals surface area contributed by atoms with Crippen LogP contribution in [-0.4, -0.2) is 125 Å². The van der Waals surface area contributed by atoms with Gasteiger partial charge in [0.05, 0.1) is 12.6 Å². The number of allylic oxidation sites excluding steroid dienone is 1. The lowest BCUT2D eigenvalue weighted by Crippen LogP contribution is -2.59. The van der Waals surface area contributed by atoms with Crippen molar-refractivity contribution < 1.29 is 43.0 Å². The molecular weight excluding hydrogens is 699 g/mol. The fraction of sp³-hybridized carbons (Fsp3) is 0.641. The summed E-state index contributed by atoms with van der Waals surface area (Å²) in [7, 11) is 1.47. The van der Waals surface area contributed by atoms with Crippen LogP contribution in [0.1, 0.15) is 84.6 Å². The Balaban J connectivity index is 1.61. The number of likely N-dealkylation sites (N-methyl/N-ethyl adjacent to an activating group) is 1. The van der Waals surface area contributed by atoms with Crippen LogP contribution < -0.4 is 16.0 Å². The molecule has 0 radical (unpaired) electrons. The number of unbranched alkanes of at least 4 members (excludes halogenated alkanes) is 2. The number of fused-ring (bicyclic) bond motifs is 2. The van der Waals surface area contributed by atoms with Crippen molar-refractivity contribution in [3.63, 3.8) is 0 Å². The summed E-state index contributed by atoms with van der Waals surface area (Å²) in [5.74, 6) is -3.52. The summed E-state index contributed by atoms with van der Waals surface area (Å²) < 4.78 is 20.0. The van der Waals surface area contributed by atoms with Crippen LogP contribution in [0, 0.1) is 11.7 Å². The topological polar surface area (TPSA) is 178 Å². The van der Waals surface area contributed by atoms with Gasteiger partial charge in [0, 0.05) is 32.6 Å².